The number of halogens is 1. The molecule has 4 rings (SSSR count). The summed E-state index contributed by atoms with van der Waals surface area (Å²) in [7, 11) is -3.65. The van der Waals surface area contributed by atoms with Crippen molar-refractivity contribution in [1.82, 2.24) is 13.9 Å². The Balaban J connectivity index is 1.58. The maximum atomic E-state index is 13.7. The van der Waals surface area contributed by atoms with Crippen molar-refractivity contribution >= 4 is 27.0 Å². The zero-order chi connectivity index (χ0) is 22.9. The van der Waals surface area contributed by atoms with E-state index in [1.54, 1.807) is 19.1 Å². The monoisotopic (exact) mass is 461 g/mol. The zero-order valence-electron chi connectivity index (χ0n) is 17.9. The number of benzene rings is 2. The van der Waals surface area contributed by atoms with E-state index >= 15 is 0 Å². The Bertz CT molecular complexity index is 1270. The van der Waals surface area contributed by atoms with Gasteiger partial charge in [0.1, 0.15) is 18.2 Å². The van der Waals surface area contributed by atoms with Crippen LogP contribution in [0.4, 0.5) is 4.39 Å². The average Bonchev–Trinajstić information content (AvgIpc) is 3.16. The number of nitrogens with zero attached hydrogens (tertiary/aromatic N) is 3. The van der Waals surface area contributed by atoms with Crippen LogP contribution < -0.4 is 0 Å². The Morgan fingerprint density at radius 1 is 1.19 bits per heavy atom. The standard InChI is InChI=1S/C22H24FN3O5S/c1-3-26-20-7-6-17(32(28,29)25-8-10-30-11-9-25)13-19(20)24-21(26)14-31-22(27)16-5-4-15(2)18(23)12-16/h4-7,12-13H,3,8-11,14H2,1-2H3. The van der Waals surface area contributed by atoms with Crippen LogP contribution in [0.15, 0.2) is 41.3 Å². The molecular formula is C22H24FN3O5S. The SMILES string of the molecule is CCn1c(COC(=O)c2ccc(C)c(F)c2)nc2cc(S(=O)(=O)N3CCOCC3)ccc21. The first kappa shape index (κ1) is 22.4. The van der Waals surface area contributed by atoms with Crippen molar-refractivity contribution in [3.8, 4) is 0 Å². The molecule has 10 heteroatoms. The van der Waals surface area contributed by atoms with E-state index < -0.39 is 21.8 Å². The lowest BCUT2D eigenvalue weighted by Gasteiger charge is -2.26. The second kappa shape index (κ2) is 8.97. The number of imidazole rings is 1. The predicted molar refractivity (Wildman–Crippen MR) is 115 cm³/mol. The summed E-state index contributed by atoms with van der Waals surface area (Å²) in [6, 6.07) is 8.97. The highest BCUT2D eigenvalue weighted by molar-refractivity contribution is 7.89. The Hall–Kier alpha value is -2.82. The Labute approximate surface area is 185 Å². The lowest BCUT2D eigenvalue weighted by molar-refractivity contribution is 0.0458. The van der Waals surface area contributed by atoms with E-state index in [2.05, 4.69) is 4.98 Å². The van der Waals surface area contributed by atoms with Crippen molar-refractivity contribution in [1.29, 1.82) is 0 Å². The van der Waals surface area contributed by atoms with Gasteiger partial charge >= 0.3 is 5.97 Å². The van der Waals surface area contributed by atoms with Crippen LogP contribution >= 0.6 is 0 Å². The molecule has 0 aliphatic carbocycles. The van der Waals surface area contributed by atoms with Crippen LogP contribution in [0.25, 0.3) is 11.0 Å². The number of ether oxygens (including phenoxy) is 2. The van der Waals surface area contributed by atoms with Gasteiger partial charge in [0.15, 0.2) is 0 Å². The van der Waals surface area contributed by atoms with Crippen molar-refractivity contribution in [2.24, 2.45) is 0 Å². The van der Waals surface area contributed by atoms with Crippen molar-refractivity contribution in [2.45, 2.75) is 31.9 Å². The number of carbonyl (C=O) groups excluding carboxylic acids is 1. The van der Waals surface area contributed by atoms with Gasteiger partial charge in [-0.25, -0.2) is 22.6 Å². The molecule has 0 spiro atoms. The average molecular weight is 462 g/mol. The number of carbonyl (C=O) groups is 1. The summed E-state index contributed by atoms with van der Waals surface area (Å²) in [5, 5.41) is 0. The molecule has 0 amide bonds. The summed E-state index contributed by atoms with van der Waals surface area (Å²) < 4.78 is 53.5. The van der Waals surface area contributed by atoms with E-state index in [0.29, 0.717) is 49.8 Å². The second-order valence-corrected chi connectivity index (χ2v) is 9.42. The fraction of sp³-hybridized carbons (Fsp3) is 0.364. The number of rotatable bonds is 6. The van der Waals surface area contributed by atoms with Crippen LogP contribution in [-0.2, 0) is 32.6 Å². The fourth-order valence-corrected chi connectivity index (χ4v) is 5.08. The second-order valence-electron chi connectivity index (χ2n) is 7.48. The van der Waals surface area contributed by atoms with Gasteiger partial charge in [-0.15, -0.1) is 0 Å². The van der Waals surface area contributed by atoms with E-state index in [9.17, 15) is 17.6 Å². The van der Waals surface area contributed by atoms with Gasteiger partial charge in [0.05, 0.1) is 34.7 Å². The number of hydrogen-bond acceptors (Lipinski definition) is 6. The van der Waals surface area contributed by atoms with Crippen molar-refractivity contribution < 1.29 is 27.1 Å². The largest absolute Gasteiger partial charge is 0.454 e. The number of esters is 1. The summed E-state index contributed by atoms with van der Waals surface area (Å²) in [6.45, 7) is 5.32. The number of sulfonamides is 1. The normalized spacial score (nSPS) is 15.2. The molecule has 1 aliphatic heterocycles. The highest BCUT2D eigenvalue weighted by Gasteiger charge is 2.27. The minimum atomic E-state index is -3.65. The molecule has 0 radical (unpaired) electrons. The quantitative estimate of drug-likeness (QED) is 0.525. The number of fused-ring (bicyclic) bond motifs is 1. The summed E-state index contributed by atoms with van der Waals surface area (Å²) in [6.07, 6.45) is 0. The first-order chi connectivity index (χ1) is 15.3. The van der Waals surface area contributed by atoms with E-state index in [1.165, 1.54) is 22.5 Å². The number of aromatic nitrogens is 2. The minimum absolute atomic E-state index is 0.117. The smallest absolute Gasteiger partial charge is 0.338 e. The Kier molecular flexibility index (Phi) is 6.27. The van der Waals surface area contributed by atoms with Crippen molar-refractivity contribution in [3.05, 3.63) is 59.2 Å². The molecule has 1 aromatic heterocycles. The van der Waals surface area contributed by atoms with E-state index in [1.807, 2.05) is 11.5 Å². The van der Waals surface area contributed by atoms with Gasteiger partial charge in [-0.05, 0) is 49.7 Å². The molecule has 1 aliphatic rings. The molecule has 1 fully saturated rings. The van der Waals surface area contributed by atoms with Gasteiger partial charge in [-0.2, -0.15) is 4.31 Å². The highest BCUT2D eigenvalue weighted by atomic mass is 32.2. The molecule has 0 unspecified atom stereocenters. The number of morpholine rings is 1. The van der Waals surface area contributed by atoms with Crippen molar-refractivity contribution in [3.63, 3.8) is 0 Å². The van der Waals surface area contributed by atoms with Gasteiger partial charge in [-0.1, -0.05) is 6.07 Å². The summed E-state index contributed by atoms with van der Waals surface area (Å²) in [4.78, 5) is 17.0. The molecule has 1 saturated heterocycles. The molecule has 0 bridgehead atoms. The van der Waals surface area contributed by atoms with E-state index in [-0.39, 0.29) is 17.1 Å². The maximum Gasteiger partial charge on any atom is 0.338 e. The summed E-state index contributed by atoms with van der Waals surface area (Å²) in [5.41, 5.74) is 1.79. The Morgan fingerprint density at radius 2 is 1.94 bits per heavy atom. The molecule has 0 saturated carbocycles. The van der Waals surface area contributed by atoms with Gasteiger partial charge < -0.3 is 14.0 Å². The van der Waals surface area contributed by atoms with Crippen molar-refractivity contribution in [2.75, 3.05) is 26.3 Å². The lowest BCUT2D eigenvalue weighted by Crippen LogP contribution is -2.40. The Morgan fingerprint density at radius 3 is 2.62 bits per heavy atom. The zero-order valence-corrected chi connectivity index (χ0v) is 18.7. The highest BCUT2D eigenvalue weighted by Crippen LogP contribution is 2.24. The molecule has 8 nitrogen and oxygen atoms in total. The maximum absolute atomic E-state index is 13.7. The first-order valence-electron chi connectivity index (χ1n) is 10.3. The van der Waals surface area contributed by atoms with Crippen LogP contribution in [0.5, 0.6) is 0 Å². The topological polar surface area (TPSA) is 90.7 Å². The number of hydrogen-bond donors (Lipinski definition) is 0. The third-order valence-corrected chi connectivity index (χ3v) is 7.36. The molecule has 170 valence electrons. The molecule has 2 heterocycles. The molecule has 3 aromatic rings. The van der Waals surface area contributed by atoms with Gasteiger partial charge in [-0.3, -0.25) is 0 Å². The third kappa shape index (κ3) is 4.25. The summed E-state index contributed by atoms with van der Waals surface area (Å²) in [5.74, 6) is -0.659. The van der Waals surface area contributed by atoms with Crippen LogP contribution in [0.3, 0.4) is 0 Å². The first-order valence-corrected chi connectivity index (χ1v) is 11.8. The molecule has 0 N–H and O–H groups in total. The van der Waals surface area contributed by atoms with E-state index in [4.69, 9.17) is 9.47 Å². The van der Waals surface area contributed by atoms with Gasteiger partial charge in [0.25, 0.3) is 0 Å². The fourth-order valence-electron chi connectivity index (χ4n) is 3.65. The molecular weight excluding hydrogens is 437 g/mol. The van der Waals surface area contributed by atoms with Crippen LogP contribution in [0.1, 0.15) is 28.7 Å². The molecule has 0 atom stereocenters. The minimum Gasteiger partial charge on any atom is -0.454 e. The van der Waals surface area contributed by atoms with Gasteiger partial charge in [0.2, 0.25) is 10.0 Å². The van der Waals surface area contributed by atoms with Crippen LogP contribution in [0.2, 0.25) is 0 Å². The number of aryl methyl sites for hydroxylation is 2. The molecule has 2 aromatic carbocycles. The molecule has 32 heavy (non-hydrogen) atoms. The van der Waals surface area contributed by atoms with Crippen LogP contribution in [0, 0.1) is 12.7 Å². The van der Waals surface area contributed by atoms with E-state index in [0.717, 1.165) is 11.6 Å². The van der Waals surface area contributed by atoms with Gasteiger partial charge in [0, 0.05) is 19.6 Å². The lowest BCUT2D eigenvalue weighted by atomic mass is 10.1. The summed E-state index contributed by atoms with van der Waals surface area (Å²) >= 11 is 0. The van der Waals surface area contributed by atoms with Crippen LogP contribution in [-0.4, -0.2) is 54.5 Å². The predicted octanol–water partition coefficient (Wildman–Crippen LogP) is 2.88. The third-order valence-electron chi connectivity index (χ3n) is 5.46.